The maximum absolute atomic E-state index is 12.8. The van der Waals surface area contributed by atoms with Gasteiger partial charge in [0.25, 0.3) is 15.9 Å². The number of hydrogen-bond donors (Lipinski definition) is 2. The summed E-state index contributed by atoms with van der Waals surface area (Å²) in [5.41, 5.74) is 2.87. The van der Waals surface area contributed by atoms with Gasteiger partial charge in [0.1, 0.15) is 9.77 Å². The predicted octanol–water partition coefficient (Wildman–Crippen LogP) is 3.71. The molecule has 3 heterocycles. The first-order valence-electron chi connectivity index (χ1n) is 9.65. The van der Waals surface area contributed by atoms with Crippen molar-refractivity contribution in [3.63, 3.8) is 0 Å². The lowest BCUT2D eigenvalue weighted by Crippen LogP contribution is -2.37. The molecule has 2 N–H and O–H groups in total. The van der Waals surface area contributed by atoms with Gasteiger partial charge < -0.3 is 5.32 Å². The predicted molar refractivity (Wildman–Crippen MR) is 122 cm³/mol. The number of carbonyl (C=O) groups is 1. The molecule has 0 bridgehead atoms. The summed E-state index contributed by atoms with van der Waals surface area (Å²) in [5, 5.41) is 6.62. The normalized spacial score (nSPS) is 14.3. The number of benzene rings is 1. The summed E-state index contributed by atoms with van der Waals surface area (Å²) < 4.78 is 28.1. The van der Waals surface area contributed by atoms with E-state index in [-0.39, 0.29) is 15.7 Å². The summed E-state index contributed by atoms with van der Waals surface area (Å²) >= 11 is 2.93. The monoisotopic (exact) mass is 461 g/mol. The first-order chi connectivity index (χ1) is 14.4. The van der Waals surface area contributed by atoms with Crippen LogP contribution in [0.2, 0.25) is 0 Å². The van der Waals surface area contributed by atoms with Gasteiger partial charge in [-0.05, 0) is 53.9 Å². The maximum atomic E-state index is 12.8. The van der Waals surface area contributed by atoms with E-state index in [2.05, 4.69) is 26.4 Å². The van der Waals surface area contributed by atoms with Crippen molar-refractivity contribution in [3.05, 3.63) is 68.0 Å². The van der Waals surface area contributed by atoms with Gasteiger partial charge in [0.2, 0.25) is 0 Å². The fraction of sp³-hybridized carbons (Fsp3) is 0.286. The number of fused-ring (bicyclic) bond motifs is 1. The molecule has 4 rings (SSSR count). The fourth-order valence-electron chi connectivity index (χ4n) is 3.41. The Bertz CT molecular complexity index is 1130. The number of thiophene rings is 2. The molecule has 6 nitrogen and oxygen atoms in total. The second-order valence-corrected chi connectivity index (χ2v) is 10.8. The number of nitrogens with zero attached hydrogens (tertiary/aromatic N) is 1. The van der Waals surface area contributed by atoms with Gasteiger partial charge >= 0.3 is 0 Å². The van der Waals surface area contributed by atoms with Crippen molar-refractivity contribution in [3.8, 4) is 0 Å². The van der Waals surface area contributed by atoms with Gasteiger partial charge in [0.05, 0.1) is 0 Å². The molecule has 9 heteroatoms. The third-order valence-electron chi connectivity index (χ3n) is 5.03. The van der Waals surface area contributed by atoms with Crippen LogP contribution in [0.15, 0.2) is 52.1 Å². The third kappa shape index (κ3) is 4.75. The molecule has 2 aromatic heterocycles. The molecule has 0 unspecified atom stereocenters. The standard InChI is InChI=1S/C21H23N3O3S3/c1-15-2-4-17(5-3-15)23-30(26,27)19-8-13-29-20(19)21(25)22-9-11-24-10-6-18-16(14-24)7-12-28-18/h2-5,7-8,12-13,23H,6,9-11,14H2,1H3,(H,22,25). The molecule has 3 aromatic rings. The van der Waals surface area contributed by atoms with Crippen molar-refractivity contribution in [2.75, 3.05) is 24.4 Å². The van der Waals surface area contributed by atoms with Crippen LogP contribution in [0.3, 0.4) is 0 Å². The van der Waals surface area contributed by atoms with Gasteiger partial charge in [-0.2, -0.15) is 0 Å². The highest BCUT2D eigenvalue weighted by Crippen LogP contribution is 2.25. The average molecular weight is 462 g/mol. The van der Waals surface area contributed by atoms with E-state index in [0.717, 1.165) is 43.0 Å². The van der Waals surface area contributed by atoms with Crippen molar-refractivity contribution in [2.24, 2.45) is 0 Å². The number of sulfonamides is 1. The molecule has 0 atom stereocenters. The van der Waals surface area contributed by atoms with Gasteiger partial charge in [-0.1, -0.05) is 17.7 Å². The van der Waals surface area contributed by atoms with E-state index in [1.54, 1.807) is 28.8 Å². The van der Waals surface area contributed by atoms with Crippen molar-refractivity contribution in [2.45, 2.75) is 24.8 Å². The molecule has 30 heavy (non-hydrogen) atoms. The molecule has 158 valence electrons. The quantitative estimate of drug-likeness (QED) is 0.562. The Balaban J connectivity index is 1.36. The van der Waals surface area contributed by atoms with Crippen LogP contribution in [0.25, 0.3) is 0 Å². The molecule has 0 saturated carbocycles. The molecular weight excluding hydrogens is 438 g/mol. The van der Waals surface area contributed by atoms with E-state index in [0.29, 0.717) is 12.2 Å². The highest BCUT2D eigenvalue weighted by molar-refractivity contribution is 7.93. The van der Waals surface area contributed by atoms with E-state index in [1.807, 2.05) is 19.1 Å². The van der Waals surface area contributed by atoms with E-state index in [4.69, 9.17) is 0 Å². The lowest BCUT2D eigenvalue weighted by atomic mass is 10.1. The number of carbonyl (C=O) groups excluding carboxylic acids is 1. The molecule has 0 saturated heterocycles. The van der Waals surface area contributed by atoms with E-state index in [1.165, 1.54) is 16.5 Å². The zero-order valence-corrected chi connectivity index (χ0v) is 19.0. The lowest BCUT2D eigenvalue weighted by Gasteiger charge is -2.26. The maximum Gasteiger partial charge on any atom is 0.263 e. The highest BCUT2D eigenvalue weighted by atomic mass is 32.2. The Labute approximate surface area is 184 Å². The van der Waals surface area contributed by atoms with Crippen LogP contribution in [-0.2, 0) is 23.0 Å². The molecule has 0 radical (unpaired) electrons. The van der Waals surface area contributed by atoms with Crippen LogP contribution in [0.1, 0.15) is 25.7 Å². The fourth-order valence-corrected chi connectivity index (χ4v) is 6.71. The van der Waals surface area contributed by atoms with Gasteiger partial charge in [-0.3, -0.25) is 14.4 Å². The zero-order valence-electron chi connectivity index (χ0n) is 16.6. The van der Waals surface area contributed by atoms with Crippen LogP contribution >= 0.6 is 22.7 Å². The minimum Gasteiger partial charge on any atom is -0.350 e. The second-order valence-electron chi connectivity index (χ2n) is 7.24. The molecule has 1 aliphatic heterocycles. The number of aryl methyl sites for hydroxylation is 1. The third-order valence-corrected chi connectivity index (χ3v) is 8.52. The molecule has 0 aliphatic carbocycles. The number of rotatable bonds is 7. The van der Waals surface area contributed by atoms with Crippen LogP contribution in [0.5, 0.6) is 0 Å². The molecule has 0 fully saturated rings. The van der Waals surface area contributed by atoms with Crippen molar-refractivity contribution >= 4 is 44.3 Å². The van der Waals surface area contributed by atoms with Crippen molar-refractivity contribution < 1.29 is 13.2 Å². The van der Waals surface area contributed by atoms with Crippen LogP contribution < -0.4 is 10.0 Å². The lowest BCUT2D eigenvalue weighted by molar-refractivity contribution is 0.0948. The Morgan fingerprint density at radius 2 is 1.87 bits per heavy atom. The van der Waals surface area contributed by atoms with Crippen LogP contribution in [0.4, 0.5) is 5.69 Å². The largest absolute Gasteiger partial charge is 0.350 e. The Morgan fingerprint density at radius 1 is 1.10 bits per heavy atom. The van der Waals surface area contributed by atoms with Gasteiger partial charge in [0, 0.05) is 36.7 Å². The Hall–Kier alpha value is -2.20. The Morgan fingerprint density at radius 3 is 2.67 bits per heavy atom. The average Bonchev–Trinajstić information content (AvgIpc) is 3.39. The minimum atomic E-state index is -3.84. The summed E-state index contributed by atoms with van der Waals surface area (Å²) in [6.45, 7) is 5.01. The number of anilines is 1. The molecule has 1 aliphatic rings. The summed E-state index contributed by atoms with van der Waals surface area (Å²) in [4.78, 5) is 16.6. The number of nitrogens with one attached hydrogen (secondary N) is 2. The van der Waals surface area contributed by atoms with Gasteiger partial charge in [-0.25, -0.2) is 8.42 Å². The summed E-state index contributed by atoms with van der Waals surface area (Å²) in [6.07, 6.45) is 1.04. The summed E-state index contributed by atoms with van der Waals surface area (Å²) in [7, 11) is -3.84. The first-order valence-corrected chi connectivity index (χ1v) is 12.9. The highest BCUT2D eigenvalue weighted by Gasteiger charge is 2.24. The molecular formula is C21H23N3O3S3. The zero-order chi connectivity index (χ0) is 21.1. The van der Waals surface area contributed by atoms with E-state index >= 15 is 0 Å². The Kier molecular flexibility index (Phi) is 6.24. The number of hydrogen-bond acceptors (Lipinski definition) is 6. The van der Waals surface area contributed by atoms with Gasteiger partial charge in [-0.15, -0.1) is 22.7 Å². The first kappa shape index (κ1) is 21.0. The van der Waals surface area contributed by atoms with E-state index < -0.39 is 10.0 Å². The topological polar surface area (TPSA) is 78.5 Å². The smallest absolute Gasteiger partial charge is 0.263 e. The summed E-state index contributed by atoms with van der Waals surface area (Å²) in [6, 6.07) is 10.7. The number of amides is 1. The molecule has 0 spiro atoms. The molecule has 1 amide bonds. The minimum absolute atomic E-state index is 0.00598. The van der Waals surface area contributed by atoms with Crippen molar-refractivity contribution in [1.82, 2.24) is 10.2 Å². The van der Waals surface area contributed by atoms with Crippen LogP contribution in [-0.4, -0.2) is 38.9 Å². The SMILES string of the molecule is Cc1ccc(NS(=O)(=O)c2ccsc2C(=O)NCCN2CCc3sccc3C2)cc1. The second kappa shape index (κ2) is 8.89. The van der Waals surface area contributed by atoms with Crippen molar-refractivity contribution in [1.29, 1.82) is 0 Å². The van der Waals surface area contributed by atoms with E-state index in [9.17, 15) is 13.2 Å². The summed E-state index contributed by atoms with van der Waals surface area (Å²) in [5.74, 6) is -0.359. The van der Waals surface area contributed by atoms with Gasteiger partial charge in [0.15, 0.2) is 0 Å². The van der Waals surface area contributed by atoms with Crippen LogP contribution in [0, 0.1) is 6.92 Å². The molecule has 1 aromatic carbocycles.